The third kappa shape index (κ3) is 1.90. The van der Waals surface area contributed by atoms with Crippen LogP contribution in [0.15, 0.2) is 0 Å². The van der Waals surface area contributed by atoms with Crippen molar-refractivity contribution in [2.24, 2.45) is 0 Å². The van der Waals surface area contributed by atoms with Crippen molar-refractivity contribution < 1.29 is 20.1 Å². The summed E-state index contributed by atoms with van der Waals surface area (Å²) in [6.07, 6.45) is -2.01. The maximum absolute atomic E-state index is 9.22. The Morgan fingerprint density at radius 2 is 2.09 bits per heavy atom. The molecule has 3 N–H and O–H groups in total. The summed E-state index contributed by atoms with van der Waals surface area (Å²) in [6.45, 7) is 1.56. The summed E-state index contributed by atoms with van der Waals surface area (Å²) in [4.78, 5) is 0. The zero-order valence-electron chi connectivity index (χ0n) is 6.47. The van der Waals surface area contributed by atoms with Gasteiger partial charge in [0.2, 0.25) is 0 Å². The zero-order chi connectivity index (χ0) is 8.43. The molecule has 1 aliphatic rings. The lowest BCUT2D eigenvalue weighted by Crippen LogP contribution is -2.49. The molecule has 4 atom stereocenters. The molecular formula is C7H14O4. The normalized spacial score (nSPS) is 45.8. The molecule has 0 aliphatic carbocycles. The van der Waals surface area contributed by atoms with Crippen LogP contribution in [0.1, 0.15) is 13.3 Å². The molecule has 1 fully saturated rings. The van der Waals surface area contributed by atoms with Crippen molar-refractivity contribution >= 4 is 0 Å². The average molecular weight is 162 g/mol. The van der Waals surface area contributed by atoms with Crippen LogP contribution in [0.4, 0.5) is 0 Å². The molecule has 0 bridgehead atoms. The average Bonchev–Trinajstić information content (AvgIpc) is 1.96. The van der Waals surface area contributed by atoms with Crippen molar-refractivity contribution in [3.8, 4) is 0 Å². The van der Waals surface area contributed by atoms with Crippen molar-refractivity contribution in [1.29, 1.82) is 0 Å². The Kier molecular flexibility index (Phi) is 2.84. The Morgan fingerprint density at radius 3 is 2.64 bits per heavy atom. The van der Waals surface area contributed by atoms with Crippen LogP contribution in [0.3, 0.4) is 0 Å². The molecular weight excluding hydrogens is 148 g/mol. The first kappa shape index (κ1) is 8.93. The zero-order valence-corrected chi connectivity index (χ0v) is 6.47. The van der Waals surface area contributed by atoms with E-state index in [2.05, 4.69) is 0 Å². The number of aliphatic hydroxyl groups excluding tert-OH is 3. The Labute approximate surface area is 65.4 Å². The number of ether oxygens (including phenoxy) is 1. The Hall–Kier alpha value is -0.160. The van der Waals surface area contributed by atoms with Gasteiger partial charge in [0.05, 0.1) is 18.8 Å². The molecule has 1 heterocycles. The first-order chi connectivity index (χ1) is 5.15. The molecule has 0 spiro atoms. The van der Waals surface area contributed by atoms with Crippen LogP contribution in [0.25, 0.3) is 0 Å². The Morgan fingerprint density at radius 1 is 1.45 bits per heavy atom. The Bertz CT molecular complexity index is 128. The van der Waals surface area contributed by atoms with Gasteiger partial charge >= 0.3 is 0 Å². The van der Waals surface area contributed by atoms with Crippen LogP contribution in [-0.4, -0.2) is 46.3 Å². The maximum atomic E-state index is 9.22. The van der Waals surface area contributed by atoms with E-state index in [9.17, 15) is 10.2 Å². The summed E-state index contributed by atoms with van der Waals surface area (Å²) >= 11 is 0. The summed E-state index contributed by atoms with van der Waals surface area (Å²) in [5, 5.41) is 27.1. The number of rotatable bonds is 1. The van der Waals surface area contributed by atoms with Crippen molar-refractivity contribution in [3.05, 3.63) is 0 Å². The highest BCUT2D eigenvalue weighted by atomic mass is 16.5. The number of aliphatic hydroxyl groups is 3. The van der Waals surface area contributed by atoms with E-state index in [1.807, 2.05) is 0 Å². The van der Waals surface area contributed by atoms with Crippen molar-refractivity contribution in [2.75, 3.05) is 6.61 Å². The van der Waals surface area contributed by atoms with E-state index in [1.54, 1.807) is 6.92 Å². The van der Waals surface area contributed by atoms with Gasteiger partial charge < -0.3 is 20.1 Å². The maximum Gasteiger partial charge on any atom is 0.109 e. The number of hydrogen-bond acceptors (Lipinski definition) is 4. The fourth-order valence-corrected chi connectivity index (χ4v) is 1.31. The molecule has 0 saturated carbocycles. The first-order valence-corrected chi connectivity index (χ1v) is 3.77. The van der Waals surface area contributed by atoms with E-state index >= 15 is 0 Å². The molecule has 4 heteroatoms. The quantitative estimate of drug-likeness (QED) is 0.456. The summed E-state index contributed by atoms with van der Waals surface area (Å²) in [5.41, 5.74) is 0. The van der Waals surface area contributed by atoms with Gasteiger partial charge in [0.1, 0.15) is 12.2 Å². The Balaban J connectivity index is 2.51. The van der Waals surface area contributed by atoms with Crippen LogP contribution >= 0.6 is 0 Å². The minimum absolute atomic E-state index is 0.0921. The lowest BCUT2D eigenvalue weighted by molar-refractivity contribution is -0.174. The number of hydrogen-bond donors (Lipinski definition) is 3. The second-order valence-corrected chi connectivity index (χ2v) is 2.96. The third-order valence-corrected chi connectivity index (χ3v) is 1.94. The van der Waals surface area contributed by atoms with Gasteiger partial charge in [-0.15, -0.1) is 0 Å². The largest absolute Gasteiger partial charge is 0.394 e. The van der Waals surface area contributed by atoms with Crippen molar-refractivity contribution in [2.45, 2.75) is 37.8 Å². The van der Waals surface area contributed by atoms with Crippen LogP contribution in [0, 0.1) is 0 Å². The van der Waals surface area contributed by atoms with E-state index in [0.717, 1.165) is 0 Å². The summed E-state index contributed by atoms with van der Waals surface area (Å²) in [5.74, 6) is 0. The van der Waals surface area contributed by atoms with Gasteiger partial charge in [-0.2, -0.15) is 0 Å². The van der Waals surface area contributed by atoms with Gasteiger partial charge in [-0.25, -0.2) is 0 Å². The monoisotopic (exact) mass is 162 g/mol. The molecule has 2 unspecified atom stereocenters. The van der Waals surface area contributed by atoms with Gasteiger partial charge in [-0.1, -0.05) is 0 Å². The molecule has 0 aromatic heterocycles. The van der Waals surface area contributed by atoms with Gasteiger partial charge in [0.25, 0.3) is 0 Å². The van der Waals surface area contributed by atoms with Crippen LogP contribution < -0.4 is 0 Å². The minimum atomic E-state index is -0.948. The molecule has 0 radical (unpaired) electrons. The molecule has 0 amide bonds. The molecule has 4 nitrogen and oxygen atoms in total. The summed E-state index contributed by atoms with van der Waals surface area (Å²) in [7, 11) is 0. The van der Waals surface area contributed by atoms with Gasteiger partial charge in [0.15, 0.2) is 0 Å². The SMILES string of the molecule is C[C@H]1CC(O)[C@H](O)C(CO)O1. The van der Waals surface area contributed by atoms with Crippen LogP contribution in [0.2, 0.25) is 0 Å². The molecule has 11 heavy (non-hydrogen) atoms. The fraction of sp³-hybridized carbons (Fsp3) is 1.00. The van der Waals surface area contributed by atoms with Crippen molar-refractivity contribution in [1.82, 2.24) is 0 Å². The predicted molar refractivity (Wildman–Crippen MR) is 38.1 cm³/mol. The fourth-order valence-electron chi connectivity index (χ4n) is 1.31. The lowest BCUT2D eigenvalue weighted by atomic mass is 9.99. The van der Waals surface area contributed by atoms with E-state index in [1.165, 1.54) is 0 Å². The van der Waals surface area contributed by atoms with Gasteiger partial charge in [0, 0.05) is 6.42 Å². The molecule has 66 valence electrons. The van der Waals surface area contributed by atoms with Crippen LogP contribution in [0.5, 0.6) is 0 Å². The second-order valence-electron chi connectivity index (χ2n) is 2.96. The molecule has 1 aliphatic heterocycles. The van der Waals surface area contributed by atoms with E-state index in [-0.39, 0.29) is 12.7 Å². The minimum Gasteiger partial charge on any atom is -0.394 e. The van der Waals surface area contributed by atoms with Crippen LogP contribution in [-0.2, 0) is 4.74 Å². The van der Waals surface area contributed by atoms with Gasteiger partial charge in [-0.05, 0) is 6.92 Å². The summed E-state index contributed by atoms with van der Waals surface area (Å²) < 4.78 is 5.16. The van der Waals surface area contributed by atoms with E-state index < -0.39 is 18.3 Å². The lowest BCUT2D eigenvalue weighted by Gasteiger charge is -2.34. The molecule has 1 saturated heterocycles. The topological polar surface area (TPSA) is 69.9 Å². The highest BCUT2D eigenvalue weighted by Gasteiger charge is 2.34. The highest BCUT2D eigenvalue weighted by Crippen LogP contribution is 2.19. The third-order valence-electron chi connectivity index (χ3n) is 1.94. The standard InChI is InChI=1S/C7H14O4/c1-4-2-5(9)7(10)6(3-8)11-4/h4-10H,2-3H2,1H3/t4-,5?,6?,7-/m0/s1. The molecule has 1 rings (SSSR count). The molecule has 0 aromatic rings. The highest BCUT2D eigenvalue weighted by molar-refractivity contribution is 4.83. The van der Waals surface area contributed by atoms with E-state index in [0.29, 0.717) is 6.42 Å². The first-order valence-electron chi connectivity index (χ1n) is 3.77. The second kappa shape index (κ2) is 3.49. The van der Waals surface area contributed by atoms with E-state index in [4.69, 9.17) is 9.84 Å². The van der Waals surface area contributed by atoms with Crippen molar-refractivity contribution in [3.63, 3.8) is 0 Å². The predicted octanol–water partition coefficient (Wildman–Crippen LogP) is -1.12. The van der Waals surface area contributed by atoms with Gasteiger partial charge in [-0.3, -0.25) is 0 Å². The smallest absolute Gasteiger partial charge is 0.109 e. The molecule has 0 aromatic carbocycles. The summed E-state index contributed by atoms with van der Waals surface area (Å²) in [6, 6.07) is 0.